The summed E-state index contributed by atoms with van der Waals surface area (Å²) in [5.41, 5.74) is 0.294. The van der Waals surface area contributed by atoms with Gasteiger partial charge in [-0.2, -0.15) is 0 Å². The van der Waals surface area contributed by atoms with E-state index >= 15 is 0 Å². The minimum atomic E-state index is -1.16. The lowest BCUT2D eigenvalue weighted by molar-refractivity contribution is -0.157. The number of carbonyl (C=O) groups is 2. The lowest BCUT2D eigenvalue weighted by atomic mass is 10.1. The molecule has 0 radical (unpaired) electrons. The molecule has 116 valence electrons. The number of hydrogen-bond acceptors (Lipinski definition) is 7. The Morgan fingerprint density at radius 3 is 2.38 bits per heavy atom. The van der Waals surface area contributed by atoms with Crippen LogP contribution in [0.15, 0.2) is 10.4 Å². The van der Waals surface area contributed by atoms with E-state index in [9.17, 15) is 9.59 Å². The molecule has 7 nitrogen and oxygen atoms in total. The average molecular weight is 313 g/mol. The zero-order valence-corrected chi connectivity index (χ0v) is 13.3. The number of esters is 2. The van der Waals surface area contributed by atoms with Gasteiger partial charge in [-0.15, -0.1) is 11.3 Å². The van der Waals surface area contributed by atoms with Crippen molar-refractivity contribution in [1.82, 2.24) is 9.88 Å². The Kier molecular flexibility index (Phi) is 6.80. The smallest absolute Gasteiger partial charge is 0.326 e. The van der Waals surface area contributed by atoms with Crippen LogP contribution in [0.2, 0.25) is 0 Å². The first-order valence-corrected chi connectivity index (χ1v) is 7.36. The van der Waals surface area contributed by atoms with Crippen molar-refractivity contribution in [1.29, 1.82) is 0 Å². The lowest BCUT2D eigenvalue weighted by Crippen LogP contribution is -2.26. The Bertz CT molecular complexity index is 495. The van der Waals surface area contributed by atoms with Crippen molar-refractivity contribution >= 4 is 34.7 Å². The second-order valence-electron chi connectivity index (χ2n) is 4.20. The fraction of sp³-hybridized carbons (Fsp3) is 0.538. The molecule has 0 fully saturated rings. The summed E-state index contributed by atoms with van der Waals surface area (Å²) in [6.45, 7) is 3.72. The van der Waals surface area contributed by atoms with Crippen LogP contribution in [0.25, 0.3) is 0 Å². The molecule has 0 aliphatic rings. The van der Waals surface area contributed by atoms with E-state index < -0.39 is 17.9 Å². The van der Waals surface area contributed by atoms with Crippen LogP contribution in [0, 0.1) is 0 Å². The molecule has 0 N–H and O–H groups in total. The van der Waals surface area contributed by atoms with E-state index in [1.165, 1.54) is 11.3 Å². The summed E-state index contributed by atoms with van der Waals surface area (Å²) >= 11 is 1.24. The second-order valence-corrected chi connectivity index (χ2v) is 5.04. The van der Waals surface area contributed by atoms with Crippen molar-refractivity contribution < 1.29 is 19.1 Å². The highest BCUT2D eigenvalue weighted by Crippen LogP contribution is 2.26. The number of hydrogen-bond donors (Lipinski definition) is 0. The molecule has 0 aliphatic carbocycles. The third kappa shape index (κ3) is 5.14. The highest BCUT2D eigenvalue weighted by atomic mass is 32.1. The van der Waals surface area contributed by atoms with Crippen molar-refractivity contribution in [2.45, 2.75) is 19.8 Å². The molecular weight excluding hydrogens is 294 g/mol. The minimum absolute atomic E-state index is 0.185. The van der Waals surface area contributed by atoms with Gasteiger partial charge in [0.2, 0.25) is 5.13 Å². The van der Waals surface area contributed by atoms with Crippen LogP contribution >= 0.6 is 11.3 Å². The molecule has 0 aliphatic heterocycles. The van der Waals surface area contributed by atoms with Gasteiger partial charge in [0.15, 0.2) is 5.92 Å². The van der Waals surface area contributed by atoms with E-state index in [0.717, 1.165) is 0 Å². The summed E-state index contributed by atoms with van der Waals surface area (Å²) in [6.07, 6.45) is 1.59. The maximum Gasteiger partial charge on any atom is 0.326 e. The molecule has 1 aromatic heterocycles. The summed E-state index contributed by atoms with van der Waals surface area (Å²) < 4.78 is 9.82. The van der Waals surface area contributed by atoms with Gasteiger partial charge in [-0.05, 0) is 13.8 Å². The monoisotopic (exact) mass is 313 g/mol. The van der Waals surface area contributed by atoms with Gasteiger partial charge in [-0.1, -0.05) is 0 Å². The summed E-state index contributed by atoms with van der Waals surface area (Å²) in [4.78, 5) is 33.9. The number of aliphatic imine (C=N–C) groups is 1. The first kappa shape index (κ1) is 17.1. The average Bonchev–Trinajstić information content (AvgIpc) is 2.86. The second kappa shape index (κ2) is 8.35. The van der Waals surface area contributed by atoms with E-state index in [1.54, 1.807) is 30.5 Å². The standard InChI is InChI=1S/C13H19N3O4S/c1-5-19-11(17)10(12(18)20-6-2)9-7-21-13(15-9)14-8-16(3)4/h7-8,10H,5-6H2,1-4H3/b14-8+. The maximum absolute atomic E-state index is 11.9. The van der Waals surface area contributed by atoms with Crippen molar-refractivity contribution in [3.05, 3.63) is 11.1 Å². The third-order valence-corrected chi connectivity index (χ3v) is 3.02. The van der Waals surface area contributed by atoms with Crippen molar-refractivity contribution in [3.8, 4) is 0 Å². The normalized spacial score (nSPS) is 10.9. The molecule has 0 aromatic carbocycles. The number of nitrogens with zero attached hydrogens (tertiary/aromatic N) is 3. The van der Waals surface area contributed by atoms with Gasteiger partial charge in [0.25, 0.3) is 0 Å². The van der Waals surface area contributed by atoms with Crippen LogP contribution in [0.4, 0.5) is 5.13 Å². The van der Waals surface area contributed by atoms with Crippen molar-refractivity contribution in [2.24, 2.45) is 4.99 Å². The Labute approximate surface area is 127 Å². The zero-order chi connectivity index (χ0) is 15.8. The Morgan fingerprint density at radius 2 is 1.90 bits per heavy atom. The van der Waals surface area contributed by atoms with Crippen LogP contribution in [0.1, 0.15) is 25.5 Å². The molecule has 1 heterocycles. The van der Waals surface area contributed by atoms with Gasteiger partial charge in [-0.25, -0.2) is 9.98 Å². The van der Waals surface area contributed by atoms with Gasteiger partial charge in [0, 0.05) is 19.5 Å². The van der Waals surface area contributed by atoms with Gasteiger partial charge in [0.1, 0.15) is 0 Å². The number of aromatic nitrogens is 1. The van der Waals surface area contributed by atoms with Crippen molar-refractivity contribution in [3.63, 3.8) is 0 Å². The maximum atomic E-state index is 11.9. The van der Waals surface area contributed by atoms with E-state index in [4.69, 9.17) is 9.47 Å². The third-order valence-electron chi connectivity index (χ3n) is 2.25. The first-order valence-electron chi connectivity index (χ1n) is 6.48. The molecule has 0 saturated heterocycles. The minimum Gasteiger partial charge on any atom is -0.465 e. The van der Waals surface area contributed by atoms with Crippen molar-refractivity contribution in [2.75, 3.05) is 27.3 Å². The molecule has 0 atom stereocenters. The molecule has 0 spiro atoms. The lowest BCUT2D eigenvalue weighted by Gasteiger charge is -2.11. The molecular formula is C13H19N3O4S. The molecule has 0 bridgehead atoms. The van der Waals surface area contributed by atoms with E-state index in [-0.39, 0.29) is 13.2 Å². The summed E-state index contributed by atoms with van der Waals surface area (Å²) in [5.74, 6) is -2.49. The highest BCUT2D eigenvalue weighted by Gasteiger charge is 2.33. The topological polar surface area (TPSA) is 81.1 Å². The fourth-order valence-corrected chi connectivity index (χ4v) is 2.10. The van der Waals surface area contributed by atoms with E-state index in [0.29, 0.717) is 10.8 Å². The Balaban J connectivity index is 2.98. The molecule has 0 unspecified atom stereocenters. The van der Waals surface area contributed by atoms with Crippen LogP contribution < -0.4 is 0 Å². The summed E-state index contributed by atoms with van der Waals surface area (Å²) in [7, 11) is 3.66. The largest absolute Gasteiger partial charge is 0.465 e. The van der Waals surface area contributed by atoms with Gasteiger partial charge in [0.05, 0.1) is 25.2 Å². The predicted molar refractivity (Wildman–Crippen MR) is 80.0 cm³/mol. The first-order chi connectivity index (χ1) is 9.99. The number of thiazole rings is 1. The van der Waals surface area contributed by atoms with Crippen LogP contribution in [-0.4, -0.2) is 55.5 Å². The Morgan fingerprint density at radius 1 is 1.33 bits per heavy atom. The number of rotatable bonds is 7. The van der Waals surface area contributed by atoms with E-state index in [2.05, 4.69) is 9.98 Å². The van der Waals surface area contributed by atoms with Gasteiger partial charge < -0.3 is 14.4 Å². The molecule has 0 saturated carbocycles. The number of carbonyl (C=O) groups excluding carboxylic acids is 2. The molecule has 8 heteroatoms. The summed E-state index contributed by atoms with van der Waals surface area (Å²) in [6, 6.07) is 0. The van der Waals surface area contributed by atoms with Crippen LogP contribution in [-0.2, 0) is 19.1 Å². The highest BCUT2D eigenvalue weighted by molar-refractivity contribution is 7.13. The quantitative estimate of drug-likeness (QED) is 0.329. The van der Waals surface area contributed by atoms with Gasteiger partial charge >= 0.3 is 11.9 Å². The number of ether oxygens (including phenoxy) is 2. The SMILES string of the molecule is CCOC(=O)C(C(=O)OCC)c1csc(/N=C/N(C)C)n1. The molecule has 1 rings (SSSR count). The van der Waals surface area contributed by atoms with E-state index in [1.807, 2.05) is 14.1 Å². The van der Waals surface area contributed by atoms with Crippen LogP contribution in [0.5, 0.6) is 0 Å². The zero-order valence-electron chi connectivity index (χ0n) is 12.5. The fourth-order valence-electron chi connectivity index (χ4n) is 1.42. The molecule has 21 heavy (non-hydrogen) atoms. The molecule has 0 amide bonds. The molecule has 1 aromatic rings. The van der Waals surface area contributed by atoms with Gasteiger partial charge in [-0.3, -0.25) is 9.59 Å². The summed E-state index contributed by atoms with van der Waals surface area (Å²) in [5, 5.41) is 2.07. The predicted octanol–water partition coefficient (Wildman–Crippen LogP) is 1.57. The Hall–Kier alpha value is -1.96. The van der Waals surface area contributed by atoms with Crippen LogP contribution in [0.3, 0.4) is 0 Å².